The molecule has 0 aromatic carbocycles. The van der Waals surface area contributed by atoms with Crippen LogP contribution in [0.1, 0.15) is 149 Å². The zero-order valence-electron chi connectivity index (χ0n) is 41.3. The number of ether oxygens (including phenoxy) is 2. The van der Waals surface area contributed by atoms with Crippen molar-refractivity contribution in [3.8, 4) is 0 Å². The number of aliphatic hydroxyl groups is 5. The molecule has 0 aromatic heterocycles. The molecule has 1 aliphatic rings. The van der Waals surface area contributed by atoms with Crippen molar-refractivity contribution in [2.75, 3.05) is 13.2 Å². The first kappa shape index (κ1) is 64.9. The molecule has 17 nitrogen and oxygen atoms in total. The summed E-state index contributed by atoms with van der Waals surface area (Å²) in [6, 6.07) is 0. The zero-order chi connectivity index (χ0) is 51.9. The van der Waals surface area contributed by atoms with Crippen molar-refractivity contribution in [3.05, 3.63) is 97.2 Å². The van der Waals surface area contributed by atoms with Gasteiger partial charge in [-0.05, 0) is 83.5 Å². The van der Waals surface area contributed by atoms with E-state index in [1.165, 1.54) is 19.3 Å². The highest BCUT2D eigenvalue weighted by Crippen LogP contribution is 2.49. The van der Waals surface area contributed by atoms with E-state index >= 15 is 0 Å². The average Bonchev–Trinajstić information content (AvgIpc) is 3.31. The standard InChI is InChI=1S/C51H84O17P2/c1-3-5-7-8-9-10-11-12-13-14-15-16-17-18-21-25-28-31-35-39-45(54)66-43(41-65-70(62,63)68-51-48(57)46(55)47(56)50(49(51)58)67-69(59,60)61)40-64-44(53)38-34-30-27-24-22-19-20-23-26-29-33-37-42(52)36-32-6-4-2/h9-10,12-13,15-16,18-21,24,26-27,29,33,37,42-43,46-52,55-58H,3-8,11,14,17,22-23,25,28,30-32,34-36,38-41H2,1-2H3,(H,62,63)(H2,59,60,61)/b10-9-,13-12-,16-15-,20-19-,21-18-,27-24-,29-26-,37-33+/t42-,43-,46?,47?,48?,49?,50-,51+/m1/s1. The summed E-state index contributed by atoms with van der Waals surface area (Å²) in [4.78, 5) is 54.3. The highest BCUT2D eigenvalue weighted by atomic mass is 31.2. The lowest BCUT2D eigenvalue weighted by atomic mass is 9.85. The van der Waals surface area contributed by atoms with E-state index in [4.69, 9.17) is 18.5 Å². The summed E-state index contributed by atoms with van der Waals surface area (Å²) in [5.41, 5.74) is 0. The fourth-order valence-electron chi connectivity index (χ4n) is 6.82. The molecule has 0 aliphatic heterocycles. The van der Waals surface area contributed by atoms with Crippen molar-refractivity contribution in [1.82, 2.24) is 0 Å². The van der Waals surface area contributed by atoms with E-state index in [2.05, 4.69) is 67.0 Å². The fourth-order valence-corrected chi connectivity index (χ4v) is 8.36. The van der Waals surface area contributed by atoms with E-state index in [9.17, 15) is 58.9 Å². The van der Waals surface area contributed by atoms with Crippen molar-refractivity contribution in [2.24, 2.45) is 0 Å². The largest absolute Gasteiger partial charge is 0.472 e. The lowest BCUT2D eigenvalue weighted by molar-refractivity contribution is -0.216. The molecule has 8 N–H and O–H groups in total. The highest BCUT2D eigenvalue weighted by Gasteiger charge is 2.54. The second-order valence-corrected chi connectivity index (χ2v) is 19.6. The maximum atomic E-state index is 13.0. The molecule has 1 rings (SSSR count). The SMILES string of the molecule is CCCCC/C=C\C/C=C\C/C=C\C/C=C\CCCCCC(=O)O[C@H](COC(=O)CCC/C=C\C/C=C\C/C=C\C=C\[C@H](O)CCCCC)COP(=O)(O)O[C@H]1C(O)C(O)C(O)[C@@H](OP(=O)(O)O)C1O. The summed E-state index contributed by atoms with van der Waals surface area (Å²) in [6.07, 6.45) is 34.0. The third kappa shape index (κ3) is 34.3. The first-order valence-electron chi connectivity index (χ1n) is 24.9. The van der Waals surface area contributed by atoms with Gasteiger partial charge in [0.15, 0.2) is 6.10 Å². The van der Waals surface area contributed by atoms with Gasteiger partial charge < -0.3 is 49.7 Å². The summed E-state index contributed by atoms with van der Waals surface area (Å²) >= 11 is 0. The molecule has 0 saturated heterocycles. The average molecular weight is 1030 g/mol. The molecule has 400 valence electrons. The van der Waals surface area contributed by atoms with Crippen LogP contribution in [0.4, 0.5) is 0 Å². The molecule has 5 unspecified atom stereocenters. The van der Waals surface area contributed by atoms with E-state index in [0.29, 0.717) is 32.1 Å². The molecule has 0 spiro atoms. The summed E-state index contributed by atoms with van der Waals surface area (Å²) < 4.78 is 49.3. The number of carbonyl (C=O) groups excluding carboxylic acids is 2. The molecule has 1 aliphatic carbocycles. The monoisotopic (exact) mass is 1030 g/mol. The molecular formula is C51H84O17P2. The van der Waals surface area contributed by atoms with Crippen LogP contribution in [0.2, 0.25) is 0 Å². The quantitative estimate of drug-likeness (QED) is 0.00935. The molecule has 0 radical (unpaired) electrons. The molecule has 1 fully saturated rings. The minimum Gasteiger partial charge on any atom is -0.462 e. The number of aliphatic hydroxyl groups excluding tert-OH is 5. The molecule has 0 amide bonds. The molecule has 0 bridgehead atoms. The number of rotatable bonds is 40. The Morgan fingerprint density at radius 2 is 1.01 bits per heavy atom. The number of hydrogen-bond acceptors (Lipinski definition) is 14. The Kier molecular flexibility index (Phi) is 37.4. The molecule has 0 heterocycles. The van der Waals surface area contributed by atoms with Crippen molar-refractivity contribution < 1.29 is 82.0 Å². The number of esters is 2. The fraction of sp³-hybridized carbons (Fsp3) is 0.647. The van der Waals surface area contributed by atoms with Crippen LogP contribution in [-0.4, -0.2) is 114 Å². The lowest BCUT2D eigenvalue weighted by Crippen LogP contribution is -2.64. The van der Waals surface area contributed by atoms with Crippen molar-refractivity contribution >= 4 is 27.6 Å². The van der Waals surface area contributed by atoms with Crippen LogP contribution in [0, 0.1) is 0 Å². The van der Waals surface area contributed by atoms with Gasteiger partial charge in [-0.1, -0.05) is 150 Å². The first-order chi connectivity index (χ1) is 33.5. The van der Waals surface area contributed by atoms with Gasteiger partial charge in [0.1, 0.15) is 43.2 Å². The Balaban J connectivity index is 2.66. The van der Waals surface area contributed by atoms with Crippen LogP contribution in [0.15, 0.2) is 97.2 Å². The Morgan fingerprint density at radius 1 is 0.529 bits per heavy atom. The Bertz CT molecular complexity index is 1730. The number of allylic oxidation sites excluding steroid dienone is 15. The maximum Gasteiger partial charge on any atom is 0.472 e. The molecule has 19 heteroatoms. The van der Waals surface area contributed by atoms with Gasteiger partial charge in [-0.2, -0.15) is 0 Å². The number of phosphoric ester groups is 2. The first-order valence-corrected chi connectivity index (χ1v) is 27.9. The van der Waals surface area contributed by atoms with Crippen LogP contribution in [0.5, 0.6) is 0 Å². The lowest BCUT2D eigenvalue weighted by Gasteiger charge is -2.43. The van der Waals surface area contributed by atoms with Gasteiger partial charge in [-0.15, -0.1) is 0 Å². The van der Waals surface area contributed by atoms with Crippen molar-refractivity contribution in [3.63, 3.8) is 0 Å². The summed E-state index contributed by atoms with van der Waals surface area (Å²) in [5.74, 6) is -1.34. The number of carbonyl (C=O) groups is 2. The van der Waals surface area contributed by atoms with Gasteiger partial charge in [0.05, 0.1) is 12.7 Å². The van der Waals surface area contributed by atoms with Gasteiger partial charge in [0, 0.05) is 12.8 Å². The van der Waals surface area contributed by atoms with Gasteiger partial charge in [0.25, 0.3) is 0 Å². The van der Waals surface area contributed by atoms with Gasteiger partial charge in [0.2, 0.25) is 0 Å². The Morgan fingerprint density at radius 3 is 1.57 bits per heavy atom. The van der Waals surface area contributed by atoms with E-state index in [-0.39, 0.29) is 12.8 Å². The van der Waals surface area contributed by atoms with Gasteiger partial charge >= 0.3 is 27.6 Å². The number of hydrogen-bond donors (Lipinski definition) is 8. The second-order valence-electron chi connectivity index (χ2n) is 17.0. The second kappa shape index (κ2) is 40.4. The number of phosphoric acid groups is 2. The van der Waals surface area contributed by atoms with Gasteiger partial charge in [-0.3, -0.25) is 23.2 Å². The van der Waals surface area contributed by atoms with E-state index in [1.807, 2.05) is 42.5 Å². The normalized spacial score (nSPS) is 22.3. The molecular weight excluding hydrogens is 946 g/mol. The minimum atomic E-state index is -5.39. The van der Waals surface area contributed by atoms with Crippen LogP contribution in [-0.2, 0) is 41.8 Å². The van der Waals surface area contributed by atoms with Gasteiger partial charge in [-0.25, -0.2) is 9.13 Å². The van der Waals surface area contributed by atoms with Crippen LogP contribution >= 0.6 is 15.6 Å². The highest BCUT2D eigenvalue weighted by molar-refractivity contribution is 7.47. The molecule has 0 aromatic rings. The predicted octanol–water partition coefficient (Wildman–Crippen LogP) is 8.92. The topological polar surface area (TPSA) is 276 Å². The summed E-state index contributed by atoms with van der Waals surface area (Å²) in [6.45, 7) is 2.88. The Labute approximate surface area is 416 Å². The van der Waals surface area contributed by atoms with E-state index in [1.54, 1.807) is 6.08 Å². The summed E-state index contributed by atoms with van der Waals surface area (Å²) in [7, 11) is -10.7. The molecule has 70 heavy (non-hydrogen) atoms. The third-order valence-corrected chi connectivity index (χ3v) is 12.2. The minimum absolute atomic E-state index is 0.0118. The third-order valence-electron chi connectivity index (χ3n) is 10.7. The molecule has 9 atom stereocenters. The summed E-state index contributed by atoms with van der Waals surface area (Å²) in [5, 5.41) is 51.2. The van der Waals surface area contributed by atoms with E-state index in [0.717, 1.165) is 70.6 Å². The Hall–Kier alpha value is -3.12. The predicted molar refractivity (Wildman–Crippen MR) is 270 cm³/mol. The smallest absolute Gasteiger partial charge is 0.462 e. The van der Waals surface area contributed by atoms with Crippen LogP contribution in [0.25, 0.3) is 0 Å². The van der Waals surface area contributed by atoms with Crippen molar-refractivity contribution in [1.29, 1.82) is 0 Å². The van der Waals surface area contributed by atoms with E-state index < -0.39 is 89.6 Å². The maximum absolute atomic E-state index is 13.0. The van der Waals surface area contributed by atoms with Crippen LogP contribution < -0.4 is 0 Å². The number of unbranched alkanes of at least 4 members (excludes halogenated alkanes) is 9. The zero-order valence-corrected chi connectivity index (χ0v) is 43.1. The van der Waals surface area contributed by atoms with Crippen LogP contribution in [0.3, 0.4) is 0 Å². The molecule has 1 saturated carbocycles. The van der Waals surface area contributed by atoms with Crippen molar-refractivity contribution in [2.45, 2.75) is 198 Å².